The van der Waals surface area contributed by atoms with Crippen LogP contribution in [0.25, 0.3) is 0 Å². The molecular formula is C13H14ClN3. The number of halogens is 1. The Balaban J connectivity index is 2.28. The maximum absolute atomic E-state index is 5.90. The number of hydrogen-bond acceptors (Lipinski definition) is 3. The van der Waals surface area contributed by atoms with Crippen LogP contribution in [0, 0.1) is 6.92 Å². The zero-order chi connectivity index (χ0) is 12.4. The van der Waals surface area contributed by atoms with Crippen molar-refractivity contribution < 1.29 is 0 Å². The SMILES string of the molecule is Cc1cc(Cl)ccc1Nc1ccc(N)c(N)c1. The summed E-state index contributed by atoms with van der Waals surface area (Å²) in [6.07, 6.45) is 0. The summed E-state index contributed by atoms with van der Waals surface area (Å²) >= 11 is 5.90. The number of rotatable bonds is 2. The Kier molecular flexibility index (Phi) is 3.11. The summed E-state index contributed by atoms with van der Waals surface area (Å²) < 4.78 is 0. The van der Waals surface area contributed by atoms with E-state index in [0.717, 1.165) is 22.0 Å². The standard InChI is InChI=1S/C13H14ClN3/c1-8-6-9(14)2-5-13(8)17-10-3-4-11(15)12(16)7-10/h2-7,17H,15-16H2,1H3. The van der Waals surface area contributed by atoms with E-state index in [0.29, 0.717) is 11.4 Å². The lowest BCUT2D eigenvalue weighted by Crippen LogP contribution is -1.97. The molecule has 0 heterocycles. The first-order valence-corrected chi connectivity index (χ1v) is 5.62. The van der Waals surface area contributed by atoms with Gasteiger partial charge in [-0.3, -0.25) is 0 Å². The van der Waals surface area contributed by atoms with Gasteiger partial charge in [0.25, 0.3) is 0 Å². The van der Waals surface area contributed by atoms with Gasteiger partial charge in [-0.25, -0.2) is 0 Å². The quantitative estimate of drug-likeness (QED) is 0.711. The molecular weight excluding hydrogens is 234 g/mol. The molecule has 0 atom stereocenters. The third kappa shape index (κ3) is 2.63. The fourth-order valence-corrected chi connectivity index (χ4v) is 1.80. The van der Waals surface area contributed by atoms with Crippen LogP contribution in [-0.2, 0) is 0 Å². The molecule has 0 aliphatic carbocycles. The Bertz CT molecular complexity index is 552. The Morgan fingerprint density at radius 3 is 2.41 bits per heavy atom. The molecule has 4 heteroatoms. The van der Waals surface area contributed by atoms with Gasteiger partial charge in [0.1, 0.15) is 0 Å². The van der Waals surface area contributed by atoms with Crippen molar-refractivity contribution in [3.8, 4) is 0 Å². The van der Waals surface area contributed by atoms with Gasteiger partial charge in [-0.2, -0.15) is 0 Å². The predicted octanol–water partition coefficient (Wildman–Crippen LogP) is 3.56. The fraction of sp³-hybridized carbons (Fsp3) is 0.0769. The molecule has 0 amide bonds. The molecule has 0 saturated heterocycles. The molecule has 2 rings (SSSR count). The number of nitrogens with two attached hydrogens (primary N) is 2. The van der Waals surface area contributed by atoms with Crippen LogP contribution in [0.3, 0.4) is 0 Å². The van der Waals surface area contributed by atoms with Gasteiger partial charge in [0.15, 0.2) is 0 Å². The van der Waals surface area contributed by atoms with Crippen molar-refractivity contribution in [3.63, 3.8) is 0 Å². The van der Waals surface area contributed by atoms with Crippen molar-refractivity contribution in [2.75, 3.05) is 16.8 Å². The minimum Gasteiger partial charge on any atom is -0.397 e. The molecule has 17 heavy (non-hydrogen) atoms. The van der Waals surface area contributed by atoms with Crippen LogP contribution in [0.15, 0.2) is 36.4 Å². The van der Waals surface area contributed by atoms with Crippen molar-refractivity contribution in [2.45, 2.75) is 6.92 Å². The minimum atomic E-state index is 0.571. The molecule has 0 fully saturated rings. The summed E-state index contributed by atoms with van der Waals surface area (Å²) in [5.74, 6) is 0. The average Bonchev–Trinajstić information content (AvgIpc) is 2.27. The predicted molar refractivity (Wildman–Crippen MR) is 74.7 cm³/mol. The molecule has 0 bridgehead atoms. The second-order valence-electron chi connectivity index (χ2n) is 3.93. The Hall–Kier alpha value is -1.87. The number of nitrogens with one attached hydrogen (secondary N) is 1. The van der Waals surface area contributed by atoms with Gasteiger partial charge in [-0.1, -0.05) is 11.6 Å². The highest BCUT2D eigenvalue weighted by atomic mass is 35.5. The summed E-state index contributed by atoms with van der Waals surface area (Å²) in [6.45, 7) is 1.99. The molecule has 0 aliphatic heterocycles. The Labute approximate surface area is 105 Å². The first-order valence-electron chi connectivity index (χ1n) is 5.24. The van der Waals surface area contributed by atoms with Gasteiger partial charge in [-0.05, 0) is 48.9 Å². The van der Waals surface area contributed by atoms with E-state index in [-0.39, 0.29) is 0 Å². The zero-order valence-corrected chi connectivity index (χ0v) is 10.3. The second-order valence-corrected chi connectivity index (χ2v) is 4.36. The molecule has 2 aromatic carbocycles. The topological polar surface area (TPSA) is 64.1 Å². The molecule has 0 saturated carbocycles. The minimum absolute atomic E-state index is 0.571. The van der Waals surface area contributed by atoms with Gasteiger partial charge >= 0.3 is 0 Å². The molecule has 5 N–H and O–H groups in total. The number of anilines is 4. The third-order valence-electron chi connectivity index (χ3n) is 2.55. The lowest BCUT2D eigenvalue weighted by molar-refractivity contribution is 1.43. The maximum atomic E-state index is 5.90. The van der Waals surface area contributed by atoms with Crippen LogP contribution in [0.4, 0.5) is 22.7 Å². The van der Waals surface area contributed by atoms with Crippen molar-refractivity contribution in [2.24, 2.45) is 0 Å². The fourth-order valence-electron chi connectivity index (χ4n) is 1.58. The summed E-state index contributed by atoms with van der Waals surface area (Å²) in [7, 11) is 0. The first-order chi connectivity index (χ1) is 8.06. The highest BCUT2D eigenvalue weighted by Crippen LogP contribution is 2.26. The van der Waals surface area contributed by atoms with E-state index in [9.17, 15) is 0 Å². The van der Waals surface area contributed by atoms with E-state index in [1.54, 1.807) is 6.07 Å². The van der Waals surface area contributed by atoms with Gasteiger partial charge < -0.3 is 16.8 Å². The summed E-state index contributed by atoms with van der Waals surface area (Å²) in [4.78, 5) is 0. The lowest BCUT2D eigenvalue weighted by Gasteiger charge is -2.11. The van der Waals surface area contributed by atoms with E-state index in [1.165, 1.54) is 0 Å². The molecule has 0 radical (unpaired) electrons. The highest BCUT2D eigenvalue weighted by Gasteiger charge is 2.01. The first kappa shape index (κ1) is 11.6. The molecule has 2 aromatic rings. The lowest BCUT2D eigenvalue weighted by atomic mass is 10.2. The van der Waals surface area contributed by atoms with Crippen molar-refractivity contribution >= 4 is 34.4 Å². The normalized spacial score (nSPS) is 10.2. The largest absolute Gasteiger partial charge is 0.397 e. The number of benzene rings is 2. The number of hydrogen-bond donors (Lipinski definition) is 3. The Morgan fingerprint density at radius 1 is 1.00 bits per heavy atom. The Morgan fingerprint density at radius 2 is 1.76 bits per heavy atom. The van der Waals surface area contributed by atoms with Crippen molar-refractivity contribution in [3.05, 3.63) is 47.0 Å². The van der Waals surface area contributed by atoms with E-state index in [4.69, 9.17) is 23.1 Å². The van der Waals surface area contributed by atoms with E-state index in [1.807, 2.05) is 37.3 Å². The number of aryl methyl sites for hydroxylation is 1. The van der Waals surface area contributed by atoms with Crippen LogP contribution >= 0.6 is 11.6 Å². The van der Waals surface area contributed by atoms with Crippen molar-refractivity contribution in [1.29, 1.82) is 0 Å². The van der Waals surface area contributed by atoms with Gasteiger partial charge in [0.2, 0.25) is 0 Å². The molecule has 0 spiro atoms. The highest BCUT2D eigenvalue weighted by molar-refractivity contribution is 6.30. The molecule has 0 aromatic heterocycles. The molecule has 0 aliphatic rings. The van der Waals surface area contributed by atoms with Crippen LogP contribution in [0.2, 0.25) is 5.02 Å². The summed E-state index contributed by atoms with van der Waals surface area (Å²) in [5, 5.41) is 4.00. The van der Waals surface area contributed by atoms with Gasteiger partial charge in [-0.15, -0.1) is 0 Å². The van der Waals surface area contributed by atoms with E-state index in [2.05, 4.69) is 5.32 Å². The van der Waals surface area contributed by atoms with Crippen molar-refractivity contribution in [1.82, 2.24) is 0 Å². The number of nitrogen functional groups attached to an aromatic ring is 2. The van der Waals surface area contributed by atoms with Crippen LogP contribution in [0.5, 0.6) is 0 Å². The monoisotopic (exact) mass is 247 g/mol. The molecule has 88 valence electrons. The molecule has 3 nitrogen and oxygen atoms in total. The van der Waals surface area contributed by atoms with E-state index < -0.39 is 0 Å². The molecule has 0 unspecified atom stereocenters. The van der Waals surface area contributed by atoms with Crippen LogP contribution in [0.1, 0.15) is 5.56 Å². The average molecular weight is 248 g/mol. The third-order valence-corrected chi connectivity index (χ3v) is 2.79. The summed E-state index contributed by atoms with van der Waals surface area (Å²) in [5.41, 5.74) is 15.5. The summed E-state index contributed by atoms with van der Waals surface area (Å²) in [6, 6.07) is 11.2. The van der Waals surface area contributed by atoms with Gasteiger partial charge in [0.05, 0.1) is 11.4 Å². The smallest absolute Gasteiger partial charge is 0.0568 e. The van der Waals surface area contributed by atoms with Crippen LogP contribution in [-0.4, -0.2) is 0 Å². The van der Waals surface area contributed by atoms with Crippen LogP contribution < -0.4 is 16.8 Å². The van der Waals surface area contributed by atoms with Gasteiger partial charge in [0, 0.05) is 16.4 Å². The van der Waals surface area contributed by atoms with E-state index >= 15 is 0 Å². The maximum Gasteiger partial charge on any atom is 0.0568 e. The zero-order valence-electron chi connectivity index (χ0n) is 9.50. The second kappa shape index (κ2) is 4.55.